The van der Waals surface area contributed by atoms with Gasteiger partial charge in [0, 0.05) is 30.9 Å². The van der Waals surface area contributed by atoms with Crippen molar-refractivity contribution in [3.63, 3.8) is 0 Å². The van der Waals surface area contributed by atoms with Gasteiger partial charge in [-0.1, -0.05) is 11.8 Å². The topological polar surface area (TPSA) is 107 Å². The molecule has 0 aliphatic carbocycles. The first-order valence-electron chi connectivity index (χ1n) is 8.62. The van der Waals surface area contributed by atoms with Crippen LogP contribution in [0.5, 0.6) is 0 Å². The third-order valence-corrected chi connectivity index (χ3v) is 6.97. The number of nitrogens with zero attached hydrogens (tertiary/aromatic N) is 3. The molecule has 1 aromatic heterocycles. The van der Waals surface area contributed by atoms with E-state index in [4.69, 9.17) is 4.74 Å². The molecular formula is C17H25N3O5S2. The van der Waals surface area contributed by atoms with E-state index in [1.807, 2.05) is 20.1 Å². The van der Waals surface area contributed by atoms with Gasteiger partial charge in [0.15, 0.2) is 21.6 Å². The van der Waals surface area contributed by atoms with E-state index in [0.29, 0.717) is 18.0 Å². The van der Waals surface area contributed by atoms with Crippen LogP contribution in [0.15, 0.2) is 5.16 Å². The highest BCUT2D eigenvalue weighted by Gasteiger charge is 2.32. The van der Waals surface area contributed by atoms with Crippen molar-refractivity contribution in [2.24, 2.45) is 0 Å². The van der Waals surface area contributed by atoms with Gasteiger partial charge in [0.05, 0.1) is 11.5 Å². The van der Waals surface area contributed by atoms with E-state index in [-0.39, 0.29) is 30.6 Å². The van der Waals surface area contributed by atoms with Crippen LogP contribution in [0.4, 0.5) is 0 Å². The number of carbonyl (C=O) groups excluding carboxylic acids is 2. The largest absolute Gasteiger partial charge is 0.456 e. The summed E-state index contributed by atoms with van der Waals surface area (Å²) in [5, 5.41) is 0.693. The molecule has 2 rings (SSSR count). The van der Waals surface area contributed by atoms with Crippen LogP contribution in [0, 0.1) is 13.8 Å². The van der Waals surface area contributed by atoms with Gasteiger partial charge in [-0.15, -0.1) is 0 Å². The normalized spacial score (nSPS) is 18.3. The molecule has 0 saturated carbocycles. The maximum absolute atomic E-state index is 12.1. The van der Waals surface area contributed by atoms with Crippen molar-refractivity contribution < 1.29 is 22.7 Å². The van der Waals surface area contributed by atoms with Gasteiger partial charge in [0.2, 0.25) is 0 Å². The Kier molecular flexibility index (Phi) is 7.21. The number of aryl methyl sites for hydroxylation is 2. The lowest BCUT2D eigenvalue weighted by atomic mass is 10.1. The minimum atomic E-state index is -3.07. The minimum Gasteiger partial charge on any atom is -0.456 e. The number of carbonyl (C=O) groups is 2. The Morgan fingerprint density at radius 3 is 2.41 bits per heavy atom. The Labute approximate surface area is 164 Å². The first kappa shape index (κ1) is 21.6. The van der Waals surface area contributed by atoms with Gasteiger partial charge in [-0.2, -0.15) is 0 Å². The van der Waals surface area contributed by atoms with Crippen LogP contribution in [0.25, 0.3) is 0 Å². The van der Waals surface area contributed by atoms with E-state index in [9.17, 15) is 18.0 Å². The first-order chi connectivity index (χ1) is 12.6. The second kappa shape index (κ2) is 9.01. The van der Waals surface area contributed by atoms with E-state index in [2.05, 4.69) is 9.97 Å². The van der Waals surface area contributed by atoms with E-state index < -0.39 is 21.7 Å². The third-order valence-electron chi connectivity index (χ3n) is 4.67. The Hall–Kier alpha value is -1.68. The molecule has 1 aliphatic heterocycles. The Morgan fingerprint density at radius 2 is 1.89 bits per heavy atom. The molecule has 1 fully saturated rings. The number of aromatic nitrogens is 2. The molecule has 0 aromatic carbocycles. The molecule has 1 aromatic rings. The molecule has 0 unspecified atom stereocenters. The second-order valence-corrected chi connectivity index (χ2v) is 9.58. The molecule has 2 heterocycles. The van der Waals surface area contributed by atoms with Crippen molar-refractivity contribution in [1.82, 2.24) is 14.9 Å². The zero-order chi connectivity index (χ0) is 20.2. The van der Waals surface area contributed by atoms with Crippen LogP contribution in [0.2, 0.25) is 0 Å². The molecule has 8 nitrogen and oxygen atoms in total. The number of esters is 1. The van der Waals surface area contributed by atoms with Crippen LogP contribution >= 0.6 is 11.8 Å². The predicted molar refractivity (Wildman–Crippen MR) is 102 cm³/mol. The smallest absolute Gasteiger partial charge is 0.306 e. The molecule has 27 heavy (non-hydrogen) atoms. The molecule has 1 saturated heterocycles. The van der Waals surface area contributed by atoms with Crippen molar-refractivity contribution in [2.45, 2.75) is 44.3 Å². The van der Waals surface area contributed by atoms with Crippen LogP contribution < -0.4 is 0 Å². The third kappa shape index (κ3) is 5.90. The average Bonchev–Trinajstić information content (AvgIpc) is 2.97. The lowest BCUT2D eigenvalue weighted by molar-refractivity contribution is -0.152. The van der Waals surface area contributed by atoms with Crippen molar-refractivity contribution in [3.05, 3.63) is 17.0 Å². The highest BCUT2D eigenvalue weighted by atomic mass is 32.2. The predicted octanol–water partition coefficient (Wildman–Crippen LogP) is 0.937. The highest BCUT2D eigenvalue weighted by Crippen LogP contribution is 2.18. The summed E-state index contributed by atoms with van der Waals surface area (Å²) in [5.41, 5.74) is 2.57. The fraction of sp³-hybridized carbons (Fsp3) is 0.647. The van der Waals surface area contributed by atoms with Crippen molar-refractivity contribution >= 4 is 33.5 Å². The van der Waals surface area contributed by atoms with Crippen molar-refractivity contribution in [1.29, 1.82) is 0 Å². The molecule has 0 spiro atoms. The molecule has 0 bridgehead atoms. The maximum atomic E-state index is 12.1. The summed E-state index contributed by atoms with van der Waals surface area (Å²) >= 11 is 1.46. The lowest BCUT2D eigenvalue weighted by Gasteiger charge is -2.23. The van der Waals surface area contributed by atoms with E-state index in [1.165, 1.54) is 16.7 Å². The number of likely N-dealkylation sites (N-methyl/N-ethyl adjacent to an activating group) is 1. The standard InChI is InChI=1S/C17H25N3O5S2/c1-11-14(12(2)19-17(18-11)26-4)5-6-16(22)25-9-15(21)20(3)13-7-8-27(23,24)10-13/h13H,5-10H2,1-4H3/t13-/m0/s1. The quantitative estimate of drug-likeness (QED) is 0.368. The van der Waals surface area contributed by atoms with E-state index in [1.54, 1.807) is 7.05 Å². The highest BCUT2D eigenvalue weighted by molar-refractivity contribution is 7.98. The lowest BCUT2D eigenvalue weighted by Crippen LogP contribution is -2.40. The fourth-order valence-corrected chi connectivity index (χ4v) is 5.22. The van der Waals surface area contributed by atoms with Gasteiger partial charge in [-0.05, 0) is 38.5 Å². The van der Waals surface area contributed by atoms with Crippen LogP contribution in [-0.4, -0.2) is 72.6 Å². The number of amides is 1. The molecule has 0 radical (unpaired) electrons. The SMILES string of the molecule is CSc1nc(C)c(CCC(=O)OCC(=O)N(C)[C@H]2CCS(=O)(=O)C2)c(C)n1. The fourth-order valence-electron chi connectivity index (χ4n) is 2.99. The summed E-state index contributed by atoms with van der Waals surface area (Å²) in [6, 6.07) is -0.349. The average molecular weight is 416 g/mol. The summed E-state index contributed by atoms with van der Waals surface area (Å²) in [6.45, 7) is 3.37. The molecule has 150 valence electrons. The van der Waals surface area contributed by atoms with Gasteiger partial charge in [0.25, 0.3) is 5.91 Å². The number of sulfone groups is 1. The molecule has 1 amide bonds. The summed E-state index contributed by atoms with van der Waals surface area (Å²) in [6.07, 6.45) is 2.89. The Bertz CT molecular complexity index is 803. The van der Waals surface area contributed by atoms with Gasteiger partial charge < -0.3 is 9.64 Å². The Balaban J connectivity index is 1.82. The van der Waals surface area contributed by atoms with Crippen LogP contribution in [-0.2, 0) is 30.6 Å². The van der Waals surface area contributed by atoms with Crippen molar-refractivity contribution in [3.8, 4) is 0 Å². The minimum absolute atomic E-state index is 0.0339. The number of hydrogen-bond donors (Lipinski definition) is 0. The van der Waals surface area contributed by atoms with Crippen LogP contribution in [0.3, 0.4) is 0 Å². The van der Waals surface area contributed by atoms with E-state index in [0.717, 1.165) is 17.0 Å². The van der Waals surface area contributed by atoms with Gasteiger partial charge in [-0.25, -0.2) is 18.4 Å². The molecule has 1 atom stereocenters. The zero-order valence-electron chi connectivity index (χ0n) is 16.0. The molecule has 0 N–H and O–H groups in total. The number of ether oxygens (including phenoxy) is 1. The van der Waals surface area contributed by atoms with Crippen LogP contribution in [0.1, 0.15) is 29.8 Å². The summed E-state index contributed by atoms with van der Waals surface area (Å²) < 4.78 is 28.1. The second-order valence-electron chi connectivity index (χ2n) is 6.58. The summed E-state index contributed by atoms with van der Waals surface area (Å²) in [5.74, 6) is -0.826. The monoisotopic (exact) mass is 415 g/mol. The number of rotatable bonds is 7. The summed E-state index contributed by atoms with van der Waals surface area (Å²) in [4.78, 5) is 34.2. The zero-order valence-corrected chi connectivity index (χ0v) is 17.7. The molecule has 1 aliphatic rings. The summed E-state index contributed by atoms with van der Waals surface area (Å²) in [7, 11) is -1.53. The van der Waals surface area contributed by atoms with Gasteiger partial charge >= 0.3 is 5.97 Å². The molecule has 10 heteroatoms. The van der Waals surface area contributed by atoms with Crippen molar-refractivity contribution in [2.75, 3.05) is 31.4 Å². The molecular weight excluding hydrogens is 390 g/mol. The first-order valence-corrected chi connectivity index (χ1v) is 11.7. The maximum Gasteiger partial charge on any atom is 0.306 e. The van der Waals surface area contributed by atoms with Gasteiger partial charge in [-0.3, -0.25) is 9.59 Å². The van der Waals surface area contributed by atoms with Gasteiger partial charge in [0.1, 0.15) is 0 Å². The Morgan fingerprint density at radius 1 is 1.26 bits per heavy atom. The number of hydrogen-bond acceptors (Lipinski definition) is 8. The number of thioether (sulfide) groups is 1. The van der Waals surface area contributed by atoms with E-state index >= 15 is 0 Å².